The van der Waals surface area contributed by atoms with E-state index in [1.54, 1.807) is 0 Å². The van der Waals surface area contributed by atoms with E-state index in [0.29, 0.717) is 32.7 Å². The first-order valence-corrected chi connectivity index (χ1v) is 5.71. The van der Waals surface area contributed by atoms with E-state index in [2.05, 4.69) is 0 Å². The molecule has 1 aromatic rings. The van der Waals surface area contributed by atoms with E-state index in [0.717, 1.165) is 12.1 Å². The first-order valence-electron chi connectivity index (χ1n) is 5.71. The van der Waals surface area contributed by atoms with Crippen molar-refractivity contribution in [3.05, 3.63) is 29.3 Å². The SMILES string of the molecule is Nc1cc(F)cc(C(=O)N2CCCOCC2)c1F. The number of hydrogen-bond acceptors (Lipinski definition) is 3. The fourth-order valence-corrected chi connectivity index (χ4v) is 1.89. The second-order valence-electron chi connectivity index (χ2n) is 4.11. The molecule has 98 valence electrons. The summed E-state index contributed by atoms with van der Waals surface area (Å²) in [7, 11) is 0. The van der Waals surface area contributed by atoms with Crippen LogP contribution in [0.4, 0.5) is 14.5 Å². The van der Waals surface area contributed by atoms with Crippen molar-refractivity contribution in [2.45, 2.75) is 6.42 Å². The standard InChI is InChI=1S/C12H14F2N2O2/c13-8-6-9(11(14)10(15)7-8)12(17)16-2-1-4-18-5-3-16/h6-7H,1-5,15H2. The van der Waals surface area contributed by atoms with Gasteiger partial charge in [0.25, 0.3) is 5.91 Å². The molecule has 1 amide bonds. The number of carbonyl (C=O) groups excluding carboxylic acids is 1. The molecule has 0 aliphatic carbocycles. The lowest BCUT2D eigenvalue weighted by molar-refractivity contribution is 0.0736. The van der Waals surface area contributed by atoms with E-state index in [9.17, 15) is 13.6 Å². The molecular formula is C12H14F2N2O2. The van der Waals surface area contributed by atoms with Crippen LogP contribution in [0.15, 0.2) is 12.1 Å². The van der Waals surface area contributed by atoms with Gasteiger partial charge in [0.05, 0.1) is 17.9 Å². The van der Waals surface area contributed by atoms with Crippen LogP contribution in [0.2, 0.25) is 0 Å². The van der Waals surface area contributed by atoms with E-state index in [4.69, 9.17) is 10.5 Å². The van der Waals surface area contributed by atoms with E-state index in [-0.39, 0.29) is 11.3 Å². The van der Waals surface area contributed by atoms with Crippen molar-refractivity contribution in [3.8, 4) is 0 Å². The predicted octanol–water partition coefficient (Wildman–Crippen LogP) is 1.41. The Balaban J connectivity index is 2.27. The molecule has 2 N–H and O–H groups in total. The second kappa shape index (κ2) is 5.30. The molecule has 1 saturated heterocycles. The van der Waals surface area contributed by atoms with E-state index in [1.165, 1.54) is 4.90 Å². The Labute approximate surface area is 103 Å². The first kappa shape index (κ1) is 12.8. The number of carbonyl (C=O) groups is 1. The Bertz CT molecular complexity index is 458. The van der Waals surface area contributed by atoms with Crippen molar-refractivity contribution in [1.82, 2.24) is 4.90 Å². The number of amides is 1. The van der Waals surface area contributed by atoms with Gasteiger partial charge in [-0.3, -0.25) is 4.79 Å². The number of ether oxygens (including phenoxy) is 1. The van der Waals surface area contributed by atoms with E-state index >= 15 is 0 Å². The van der Waals surface area contributed by atoms with Crippen molar-refractivity contribution in [3.63, 3.8) is 0 Å². The molecule has 1 aliphatic heterocycles. The Kier molecular flexibility index (Phi) is 3.76. The van der Waals surface area contributed by atoms with Crippen molar-refractivity contribution >= 4 is 11.6 Å². The van der Waals surface area contributed by atoms with Crippen LogP contribution in [0.5, 0.6) is 0 Å². The molecule has 0 unspecified atom stereocenters. The van der Waals surface area contributed by atoms with Crippen LogP contribution in [0.25, 0.3) is 0 Å². The average molecular weight is 256 g/mol. The fraction of sp³-hybridized carbons (Fsp3) is 0.417. The summed E-state index contributed by atoms with van der Waals surface area (Å²) >= 11 is 0. The van der Waals surface area contributed by atoms with E-state index < -0.39 is 17.5 Å². The smallest absolute Gasteiger partial charge is 0.257 e. The minimum absolute atomic E-state index is 0.325. The molecular weight excluding hydrogens is 242 g/mol. The summed E-state index contributed by atoms with van der Waals surface area (Å²) < 4.78 is 32.1. The number of benzene rings is 1. The van der Waals surface area contributed by atoms with Gasteiger partial charge >= 0.3 is 0 Å². The Hall–Kier alpha value is -1.69. The molecule has 18 heavy (non-hydrogen) atoms. The monoisotopic (exact) mass is 256 g/mol. The first-order chi connectivity index (χ1) is 8.59. The molecule has 1 heterocycles. The summed E-state index contributed by atoms with van der Waals surface area (Å²) in [6.07, 6.45) is 0.679. The molecule has 0 radical (unpaired) electrons. The number of nitrogens with zero attached hydrogens (tertiary/aromatic N) is 1. The van der Waals surface area contributed by atoms with Crippen LogP contribution in [0.1, 0.15) is 16.8 Å². The average Bonchev–Trinajstić information content (AvgIpc) is 2.61. The third-order valence-electron chi connectivity index (χ3n) is 2.81. The summed E-state index contributed by atoms with van der Waals surface area (Å²) in [5, 5.41) is 0. The third-order valence-corrected chi connectivity index (χ3v) is 2.81. The molecule has 0 spiro atoms. The maximum atomic E-state index is 13.7. The number of hydrogen-bond donors (Lipinski definition) is 1. The van der Waals surface area contributed by atoms with Gasteiger partial charge in [-0.15, -0.1) is 0 Å². The van der Waals surface area contributed by atoms with Gasteiger partial charge in [-0.05, 0) is 18.6 Å². The van der Waals surface area contributed by atoms with Gasteiger partial charge in [0.15, 0.2) is 5.82 Å². The van der Waals surface area contributed by atoms with Gasteiger partial charge in [0, 0.05) is 19.7 Å². The van der Waals surface area contributed by atoms with Gasteiger partial charge < -0.3 is 15.4 Å². The topological polar surface area (TPSA) is 55.6 Å². The highest BCUT2D eigenvalue weighted by molar-refractivity contribution is 5.95. The normalized spacial score (nSPS) is 16.4. The minimum Gasteiger partial charge on any atom is -0.396 e. The van der Waals surface area contributed by atoms with Crippen molar-refractivity contribution in [1.29, 1.82) is 0 Å². The summed E-state index contributed by atoms with van der Waals surface area (Å²) in [5.41, 5.74) is 4.63. The van der Waals surface area contributed by atoms with Crippen LogP contribution in [-0.4, -0.2) is 37.1 Å². The zero-order chi connectivity index (χ0) is 13.1. The number of nitrogen functional groups attached to an aromatic ring is 1. The van der Waals surface area contributed by atoms with Gasteiger partial charge in [-0.2, -0.15) is 0 Å². The molecule has 6 heteroatoms. The molecule has 4 nitrogen and oxygen atoms in total. The number of anilines is 1. The van der Waals surface area contributed by atoms with Crippen molar-refractivity contribution in [2.24, 2.45) is 0 Å². The van der Waals surface area contributed by atoms with Gasteiger partial charge in [0.1, 0.15) is 5.82 Å². The Morgan fingerprint density at radius 1 is 1.28 bits per heavy atom. The van der Waals surface area contributed by atoms with E-state index in [1.807, 2.05) is 0 Å². The summed E-state index contributed by atoms with van der Waals surface area (Å²) in [5.74, 6) is -2.14. The molecule has 0 aromatic heterocycles. The van der Waals surface area contributed by atoms with Crippen molar-refractivity contribution < 1.29 is 18.3 Å². The summed E-state index contributed by atoms with van der Waals surface area (Å²) in [6, 6.07) is 1.73. The minimum atomic E-state index is -0.869. The van der Waals surface area contributed by atoms with Crippen LogP contribution < -0.4 is 5.73 Å². The lowest BCUT2D eigenvalue weighted by Crippen LogP contribution is -2.34. The lowest BCUT2D eigenvalue weighted by Gasteiger charge is -2.20. The molecule has 0 bridgehead atoms. The molecule has 1 aromatic carbocycles. The molecule has 1 fully saturated rings. The van der Waals surface area contributed by atoms with Crippen molar-refractivity contribution in [2.75, 3.05) is 32.0 Å². The molecule has 0 atom stereocenters. The predicted molar refractivity (Wildman–Crippen MR) is 62.1 cm³/mol. The third kappa shape index (κ3) is 2.59. The summed E-state index contributed by atoms with van der Waals surface area (Å²) in [4.78, 5) is 13.5. The largest absolute Gasteiger partial charge is 0.396 e. The van der Waals surface area contributed by atoms with Gasteiger partial charge in [0.2, 0.25) is 0 Å². The Morgan fingerprint density at radius 3 is 2.83 bits per heavy atom. The highest BCUT2D eigenvalue weighted by Crippen LogP contribution is 2.19. The highest BCUT2D eigenvalue weighted by Gasteiger charge is 2.22. The summed E-state index contributed by atoms with van der Waals surface area (Å²) in [6.45, 7) is 1.80. The molecule has 0 saturated carbocycles. The highest BCUT2D eigenvalue weighted by atomic mass is 19.1. The number of nitrogens with two attached hydrogens (primary N) is 1. The fourth-order valence-electron chi connectivity index (χ4n) is 1.89. The lowest BCUT2D eigenvalue weighted by atomic mass is 10.1. The maximum absolute atomic E-state index is 13.7. The number of halogens is 2. The molecule has 2 rings (SSSR count). The second-order valence-corrected chi connectivity index (χ2v) is 4.11. The molecule has 1 aliphatic rings. The van der Waals surface area contributed by atoms with Gasteiger partial charge in [-0.1, -0.05) is 0 Å². The Morgan fingerprint density at radius 2 is 2.06 bits per heavy atom. The van der Waals surface area contributed by atoms with Crippen LogP contribution in [-0.2, 0) is 4.74 Å². The zero-order valence-corrected chi connectivity index (χ0v) is 9.79. The van der Waals surface area contributed by atoms with Crippen LogP contribution in [0.3, 0.4) is 0 Å². The zero-order valence-electron chi connectivity index (χ0n) is 9.79. The van der Waals surface area contributed by atoms with Crippen LogP contribution in [0, 0.1) is 11.6 Å². The quantitative estimate of drug-likeness (QED) is 0.773. The number of rotatable bonds is 1. The van der Waals surface area contributed by atoms with Gasteiger partial charge in [-0.25, -0.2) is 8.78 Å². The van der Waals surface area contributed by atoms with Crippen LogP contribution >= 0.6 is 0 Å². The maximum Gasteiger partial charge on any atom is 0.257 e.